The van der Waals surface area contributed by atoms with Crippen molar-refractivity contribution in [1.82, 2.24) is 0 Å². The van der Waals surface area contributed by atoms with Gasteiger partial charge in [-0.2, -0.15) is 0 Å². The lowest BCUT2D eigenvalue weighted by atomic mass is 9.93. The minimum Gasteiger partial charge on any atom is -0.466 e. The second kappa shape index (κ2) is 7.14. The monoisotopic (exact) mass is 278 g/mol. The van der Waals surface area contributed by atoms with Crippen LogP contribution in [0.3, 0.4) is 0 Å². The van der Waals surface area contributed by atoms with E-state index in [4.69, 9.17) is 9.94 Å². The number of carbonyl (C=O) groups excluding carboxylic acids is 1. The molecule has 5 heteroatoms. The Kier molecular flexibility index (Phi) is 5.24. The smallest absolute Gasteiger partial charge is 0.306 e. The summed E-state index contributed by atoms with van der Waals surface area (Å²) in [7, 11) is 0. The number of carbonyl (C=O) groups is 1. The number of para-hydroxylation sites is 2. The van der Waals surface area contributed by atoms with Crippen LogP contribution in [0.15, 0.2) is 24.3 Å². The lowest BCUT2D eigenvalue weighted by Gasteiger charge is -2.34. The maximum atomic E-state index is 11.5. The molecule has 1 aliphatic heterocycles. The summed E-state index contributed by atoms with van der Waals surface area (Å²) in [6, 6.07) is 7.68. The molecule has 20 heavy (non-hydrogen) atoms. The molecular weight excluding hydrogens is 256 g/mol. The molecule has 1 aromatic carbocycles. The molecule has 0 amide bonds. The maximum Gasteiger partial charge on any atom is 0.306 e. The van der Waals surface area contributed by atoms with Gasteiger partial charge in [0.1, 0.15) is 0 Å². The molecule has 0 saturated carbocycles. The molecule has 0 radical (unpaired) electrons. The molecule has 110 valence electrons. The molecule has 1 aromatic rings. The molecule has 0 aromatic heterocycles. The fourth-order valence-electron chi connectivity index (χ4n) is 2.68. The van der Waals surface area contributed by atoms with Crippen molar-refractivity contribution in [3.63, 3.8) is 0 Å². The minimum atomic E-state index is -0.0941. The van der Waals surface area contributed by atoms with Gasteiger partial charge in [-0.25, -0.2) is 0 Å². The Hall–Kier alpha value is -1.75. The van der Waals surface area contributed by atoms with Gasteiger partial charge in [0.2, 0.25) is 0 Å². The lowest BCUT2D eigenvalue weighted by molar-refractivity contribution is -0.144. The molecule has 1 aliphatic rings. The van der Waals surface area contributed by atoms with E-state index in [1.165, 1.54) is 0 Å². The van der Waals surface area contributed by atoms with Gasteiger partial charge < -0.3 is 9.64 Å². The number of hydrogen-bond donors (Lipinski definition) is 2. The molecule has 2 rings (SSSR count). The first kappa shape index (κ1) is 14.7. The molecule has 0 aliphatic carbocycles. The van der Waals surface area contributed by atoms with Crippen molar-refractivity contribution in [3.8, 4) is 0 Å². The van der Waals surface area contributed by atoms with Crippen molar-refractivity contribution in [2.45, 2.75) is 26.2 Å². The highest BCUT2D eigenvalue weighted by molar-refractivity contribution is 5.70. The summed E-state index contributed by atoms with van der Waals surface area (Å²) in [5, 5.41) is 9.14. The Morgan fingerprint density at radius 2 is 2.10 bits per heavy atom. The van der Waals surface area contributed by atoms with E-state index in [0.717, 1.165) is 37.3 Å². The summed E-state index contributed by atoms with van der Waals surface area (Å²) in [6.45, 7) is 4.07. The fraction of sp³-hybridized carbons (Fsp3) is 0.533. The summed E-state index contributed by atoms with van der Waals surface area (Å²) < 4.78 is 5.00. The fourth-order valence-corrected chi connectivity index (χ4v) is 2.68. The van der Waals surface area contributed by atoms with Crippen LogP contribution >= 0.6 is 0 Å². The number of nitrogens with one attached hydrogen (secondary N) is 1. The third-order valence-electron chi connectivity index (χ3n) is 3.74. The van der Waals surface area contributed by atoms with E-state index in [0.29, 0.717) is 18.9 Å². The Morgan fingerprint density at radius 3 is 2.75 bits per heavy atom. The summed E-state index contributed by atoms with van der Waals surface area (Å²) in [4.78, 5) is 13.7. The van der Waals surface area contributed by atoms with Gasteiger partial charge in [0.25, 0.3) is 0 Å². The molecule has 0 unspecified atom stereocenters. The predicted octanol–water partition coefficient (Wildman–Crippen LogP) is 2.66. The summed E-state index contributed by atoms with van der Waals surface area (Å²) in [6.07, 6.45) is 2.46. The Labute approximate surface area is 119 Å². The molecule has 1 heterocycles. The highest BCUT2D eigenvalue weighted by atomic mass is 16.5. The lowest BCUT2D eigenvalue weighted by Crippen LogP contribution is -2.34. The van der Waals surface area contributed by atoms with Crippen LogP contribution in [0.25, 0.3) is 0 Å². The van der Waals surface area contributed by atoms with Gasteiger partial charge in [-0.05, 0) is 37.8 Å². The molecule has 1 fully saturated rings. The van der Waals surface area contributed by atoms with Gasteiger partial charge in [0.05, 0.1) is 18.0 Å². The van der Waals surface area contributed by atoms with Gasteiger partial charge in [0.15, 0.2) is 0 Å². The molecular formula is C15H22N2O3. The van der Waals surface area contributed by atoms with E-state index in [1.54, 1.807) is 0 Å². The third kappa shape index (κ3) is 3.63. The first-order valence-electron chi connectivity index (χ1n) is 7.14. The predicted molar refractivity (Wildman–Crippen MR) is 78.0 cm³/mol. The van der Waals surface area contributed by atoms with E-state index in [1.807, 2.05) is 31.2 Å². The largest absolute Gasteiger partial charge is 0.466 e. The first-order valence-corrected chi connectivity index (χ1v) is 7.14. The standard InChI is InChI=1S/C15H22N2O3/c1-2-20-15(18)11-12-7-9-17(10-8-12)14-6-4-3-5-13(14)16-19/h3-6,12,16,19H,2,7-11H2,1H3. The van der Waals surface area contributed by atoms with Crippen LogP contribution in [-0.4, -0.2) is 30.9 Å². The molecule has 2 N–H and O–H groups in total. The second-order valence-electron chi connectivity index (χ2n) is 5.07. The van der Waals surface area contributed by atoms with E-state index < -0.39 is 0 Å². The average molecular weight is 278 g/mol. The van der Waals surface area contributed by atoms with Gasteiger partial charge in [-0.15, -0.1) is 0 Å². The van der Waals surface area contributed by atoms with Crippen molar-refractivity contribution >= 4 is 17.3 Å². The number of piperidine rings is 1. The zero-order valence-corrected chi connectivity index (χ0v) is 11.8. The normalized spacial score (nSPS) is 16.0. The topological polar surface area (TPSA) is 61.8 Å². The number of nitrogens with zero attached hydrogens (tertiary/aromatic N) is 1. The van der Waals surface area contributed by atoms with Crippen molar-refractivity contribution in [1.29, 1.82) is 0 Å². The van der Waals surface area contributed by atoms with E-state index in [9.17, 15) is 4.79 Å². The van der Waals surface area contributed by atoms with Gasteiger partial charge in [-0.3, -0.25) is 15.5 Å². The quantitative estimate of drug-likeness (QED) is 0.640. The van der Waals surface area contributed by atoms with Gasteiger partial charge >= 0.3 is 5.97 Å². The van der Waals surface area contributed by atoms with Crippen molar-refractivity contribution in [3.05, 3.63) is 24.3 Å². The van der Waals surface area contributed by atoms with Crippen molar-refractivity contribution < 1.29 is 14.7 Å². The van der Waals surface area contributed by atoms with E-state index >= 15 is 0 Å². The van der Waals surface area contributed by atoms with E-state index in [-0.39, 0.29) is 5.97 Å². The number of ether oxygens (including phenoxy) is 1. The third-order valence-corrected chi connectivity index (χ3v) is 3.74. The molecule has 5 nitrogen and oxygen atoms in total. The van der Waals surface area contributed by atoms with Gasteiger partial charge in [0, 0.05) is 19.5 Å². The summed E-state index contributed by atoms with van der Waals surface area (Å²) in [5.41, 5.74) is 3.96. The molecule has 0 spiro atoms. The highest BCUT2D eigenvalue weighted by Crippen LogP contribution is 2.30. The molecule has 0 atom stereocenters. The van der Waals surface area contributed by atoms with Gasteiger partial charge in [-0.1, -0.05) is 12.1 Å². The first-order chi connectivity index (χ1) is 9.74. The summed E-state index contributed by atoms with van der Waals surface area (Å²) in [5.74, 6) is 0.308. The number of benzene rings is 1. The van der Waals surface area contributed by atoms with Crippen LogP contribution < -0.4 is 10.4 Å². The zero-order valence-electron chi connectivity index (χ0n) is 11.8. The van der Waals surface area contributed by atoms with E-state index in [2.05, 4.69) is 10.4 Å². The number of rotatable bonds is 5. The second-order valence-corrected chi connectivity index (χ2v) is 5.07. The number of hydrogen-bond acceptors (Lipinski definition) is 5. The zero-order chi connectivity index (χ0) is 14.4. The van der Waals surface area contributed by atoms with Crippen LogP contribution in [-0.2, 0) is 9.53 Å². The van der Waals surface area contributed by atoms with Crippen LogP contribution in [0.4, 0.5) is 11.4 Å². The van der Waals surface area contributed by atoms with Crippen LogP contribution in [0.1, 0.15) is 26.2 Å². The van der Waals surface area contributed by atoms with Crippen LogP contribution in [0, 0.1) is 5.92 Å². The van der Waals surface area contributed by atoms with Crippen LogP contribution in [0.2, 0.25) is 0 Å². The minimum absolute atomic E-state index is 0.0941. The number of anilines is 2. The maximum absolute atomic E-state index is 11.5. The SMILES string of the molecule is CCOC(=O)CC1CCN(c2ccccc2NO)CC1. The average Bonchev–Trinajstić information content (AvgIpc) is 2.48. The molecule has 0 bridgehead atoms. The Bertz CT molecular complexity index is 442. The Balaban J connectivity index is 1.89. The van der Waals surface area contributed by atoms with Crippen molar-refractivity contribution in [2.24, 2.45) is 5.92 Å². The highest BCUT2D eigenvalue weighted by Gasteiger charge is 2.23. The van der Waals surface area contributed by atoms with Crippen LogP contribution in [0.5, 0.6) is 0 Å². The number of esters is 1. The molecule has 1 saturated heterocycles. The van der Waals surface area contributed by atoms with Crippen molar-refractivity contribution in [2.75, 3.05) is 30.1 Å². The Morgan fingerprint density at radius 1 is 1.40 bits per heavy atom. The summed E-state index contributed by atoms with van der Waals surface area (Å²) >= 11 is 0.